The molecule has 4 atom stereocenters. The second-order valence-corrected chi connectivity index (χ2v) is 13.0. The molecule has 4 aliphatic heterocycles. The van der Waals surface area contributed by atoms with Gasteiger partial charge in [0.2, 0.25) is 0 Å². The smallest absolute Gasteiger partial charge is 0.335 e. The largest absolute Gasteiger partial charge is 0.492 e. The first-order chi connectivity index (χ1) is 22.3. The number of nitrogens with zero attached hydrogens (tertiary/aromatic N) is 4. The van der Waals surface area contributed by atoms with E-state index in [1.807, 2.05) is 25.1 Å². The van der Waals surface area contributed by atoms with Gasteiger partial charge in [-0.3, -0.25) is 4.90 Å². The van der Waals surface area contributed by atoms with Gasteiger partial charge in [-0.2, -0.15) is 5.26 Å². The van der Waals surface area contributed by atoms with Crippen molar-refractivity contribution in [1.29, 1.82) is 5.26 Å². The molecular weight excluding hydrogens is 584 g/mol. The average Bonchev–Trinajstić information content (AvgIpc) is 3.74. The molecule has 10 nitrogen and oxygen atoms in total. The molecule has 5 heterocycles. The lowest BCUT2D eigenvalue weighted by Gasteiger charge is -2.38. The van der Waals surface area contributed by atoms with Crippen molar-refractivity contribution in [3.05, 3.63) is 82.2 Å². The molecule has 0 bridgehead atoms. The van der Waals surface area contributed by atoms with Gasteiger partial charge in [-0.1, -0.05) is 12.1 Å². The minimum atomic E-state index is -1.01. The highest BCUT2D eigenvalue weighted by atomic mass is 16.7. The Kier molecular flexibility index (Phi) is 6.92. The topological polar surface area (TPSA) is 119 Å². The Hall–Kier alpha value is -4.59. The molecular formula is C36H36N4O6. The Morgan fingerprint density at radius 2 is 2.00 bits per heavy atom. The number of aromatic nitrogens is 2. The van der Waals surface area contributed by atoms with Crippen LogP contribution in [0.1, 0.15) is 77.5 Å². The number of para-hydroxylation sites is 1. The molecule has 0 radical (unpaired) electrons. The SMILES string of the molecule is C[C@@H]1CC(c2cccc3c2OC(C)(c2ccc(C#N)c4c2CCO4)O3)CCN1Cc1nc2ccc(C(=O)O)cc2n1C[C@@H]1CCO1. The van der Waals surface area contributed by atoms with Gasteiger partial charge in [0.05, 0.1) is 48.0 Å². The van der Waals surface area contributed by atoms with Crippen molar-refractivity contribution >= 4 is 17.0 Å². The average molecular weight is 621 g/mol. The van der Waals surface area contributed by atoms with Gasteiger partial charge in [0.25, 0.3) is 5.79 Å². The lowest BCUT2D eigenvalue weighted by Crippen LogP contribution is -2.40. The van der Waals surface area contributed by atoms with Crippen molar-refractivity contribution in [1.82, 2.24) is 14.5 Å². The predicted octanol–water partition coefficient (Wildman–Crippen LogP) is 5.74. The van der Waals surface area contributed by atoms with Gasteiger partial charge in [-0.15, -0.1) is 0 Å². The lowest BCUT2D eigenvalue weighted by molar-refractivity contribution is -0.0691. The number of fused-ring (bicyclic) bond motifs is 3. The third kappa shape index (κ3) is 4.77. The van der Waals surface area contributed by atoms with Crippen molar-refractivity contribution in [2.45, 2.75) is 76.5 Å². The van der Waals surface area contributed by atoms with Crippen molar-refractivity contribution in [3.63, 3.8) is 0 Å². The van der Waals surface area contributed by atoms with E-state index in [0.29, 0.717) is 43.3 Å². The number of likely N-dealkylation sites (tertiary alicyclic amines) is 1. The van der Waals surface area contributed by atoms with Gasteiger partial charge in [-0.25, -0.2) is 9.78 Å². The molecule has 4 aliphatic rings. The number of benzene rings is 3. The summed E-state index contributed by atoms with van der Waals surface area (Å²) in [6.45, 7) is 7.74. The van der Waals surface area contributed by atoms with Crippen LogP contribution in [-0.4, -0.2) is 57.4 Å². The van der Waals surface area contributed by atoms with Crippen LogP contribution in [0.15, 0.2) is 48.5 Å². The highest BCUT2D eigenvalue weighted by molar-refractivity contribution is 5.92. The Balaban J connectivity index is 1.02. The second kappa shape index (κ2) is 11.0. The summed E-state index contributed by atoms with van der Waals surface area (Å²) < 4.78 is 27.0. The van der Waals surface area contributed by atoms with Gasteiger partial charge in [0, 0.05) is 42.7 Å². The van der Waals surface area contributed by atoms with Crippen LogP contribution < -0.4 is 14.2 Å². The number of hydrogen-bond acceptors (Lipinski definition) is 8. The summed E-state index contributed by atoms with van der Waals surface area (Å²) >= 11 is 0. The van der Waals surface area contributed by atoms with E-state index in [1.54, 1.807) is 24.3 Å². The van der Waals surface area contributed by atoms with Crippen LogP contribution in [-0.2, 0) is 30.0 Å². The van der Waals surface area contributed by atoms with E-state index < -0.39 is 11.8 Å². The molecule has 2 saturated heterocycles. The summed E-state index contributed by atoms with van der Waals surface area (Å²) in [4.78, 5) is 19.2. The van der Waals surface area contributed by atoms with Crippen LogP contribution in [0.2, 0.25) is 0 Å². The number of aromatic carboxylic acids is 1. The van der Waals surface area contributed by atoms with Gasteiger partial charge in [-0.05, 0) is 75.0 Å². The van der Waals surface area contributed by atoms with Gasteiger partial charge < -0.3 is 28.6 Å². The Bertz CT molecular complexity index is 1910. The molecule has 4 aromatic rings. The van der Waals surface area contributed by atoms with Crippen LogP contribution in [0.25, 0.3) is 11.0 Å². The molecule has 10 heteroatoms. The molecule has 236 valence electrons. The molecule has 2 unspecified atom stereocenters. The first kappa shape index (κ1) is 28.9. The van der Waals surface area contributed by atoms with Gasteiger partial charge in [0.1, 0.15) is 17.6 Å². The minimum Gasteiger partial charge on any atom is -0.492 e. The summed E-state index contributed by atoms with van der Waals surface area (Å²) in [7, 11) is 0. The monoisotopic (exact) mass is 620 g/mol. The number of carboxylic acid groups (broad SMARTS) is 1. The van der Waals surface area contributed by atoms with E-state index in [0.717, 1.165) is 77.5 Å². The first-order valence-electron chi connectivity index (χ1n) is 16.1. The number of carboxylic acids is 1. The molecule has 8 rings (SSSR count). The third-order valence-corrected chi connectivity index (χ3v) is 10.1. The van der Waals surface area contributed by atoms with Crippen LogP contribution in [0.3, 0.4) is 0 Å². The standard InChI is InChI=1S/C36H36N4O6/c1-21-16-22(10-13-39(21)20-32-38-29-9-7-23(35(41)42)17-30(29)40(32)19-25-11-14-43-25)26-4-3-5-31-34(26)46-36(2,45-31)28-8-6-24(18-37)33-27(28)12-15-44-33/h3-9,17,21-22,25H,10-16,19-20H2,1-2H3,(H,41,42)/t21-,22?,25+,36?/m1/s1. The molecule has 3 aromatic carbocycles. The molecule has 0 aliphatic carbocycles. The molecule has 0 spiro atoms. The number of imidazole rings is 1. The van der Waals surface area contributed by atoms with E-state index in [4.69, 9.17) is 23.9 Å². The summed E-state index contributed by atoms with van der Waals surface area (Å²) in [5.41, 5.74) is 5.48. The van der Waals surface area contributed by atoms with E-state index in [-0.39, 0.29) is 17.7 Å². The quantitative estimate of drug-likeness (QED) is 0.276. The molecule has 1 aromatic heterocycles. The summed E-state index contributed by atoms with van der Waals surface area (Å²) in [5.74, 6) is 1.45. The van der Waals surface area contributed by atoms with Gasteiger partial charge in [0.15, 0.2) is 11.5 Å². The molecule has 2 fully saturated rings. The van der Waals surface area contributed by atoms with Gasteiger partial charge >= 0.3 is 5.97 Å². The first-order valence-corrected chi connectivity index (χ1v) is 16.1. The lowest BCUT2D eigenvalue weighted by atomic mass is 9.85. The normalized spacial score (nSPS) is 25.1. The highest BCUT2D eigenvalue weighted by Gasteiger charge is 2.44. The maximum Gasteiger partial charge on any atom is 0.335 e. The summed E-state index contributed by atoms with van der Waals surface area (Å²) in [5, 5.41) is 19.2. The van der Waals surface area contributed by atoms with Crippen molar-refractivity contribution in [2.24, 2.45) is 0 Å². The zero-order chi connectivity index (χ0) is 31.6. The second-order valence-electron chi connectivity index (χ2n) is 13.0. The fourth-order valence-corrected chi connectivity index (χ4v) is 7.57. The number of rotatable bonds is 7. The van der Waals surface area contributed by atoms with E-state index in [9.17, 15) is 15.2 Å². The van der Waals surface area contributed by atoms with E-state index >= 15 is 0 Å². The Morgan fingerprint density at radius 3 is 2.76 bits per heavy atom. The Morgan fingerprint density at radius 1 is 1.13 bits per heavy atom. The number of ether oxygens (including phenoxy) is 4. The maximum absolute atomic E-state index is 11.7. The zero-order valence-corrected chi connectivity index (χ0v) is 26.0. The van der Waals surface area contributed by atoms with Crippen LogP contribution in [0, 0.1) is 11.3 Å². The van der Waals surface area contributed by atoms with Crippen molar-refractivity contribution in [2.75, 3.05) is 19.8 Å². The van der Waals surface area contributed by atoms with Crippen LogP contribution >= 0.6 is 0 Å². The van der Waals surface area contributed by atoms with E-state index in [2.05, 4.69) is 28.5 Å². The number of nitriles is 1. The molecule has 1 N–H and O–H groups in total. The fraction of sp³-hybridized carbons (Fsp3) is 0.417. The van der Waals surface area contributed by atoms with Crippen molar-refractivity contribution in [3.8, 4) is 23.3 Å². The van der Waals surface area contributed by atoms with E-state index in [1.165, 1.54) is 0 Å². The van der Waals surface area contributed by atoms with Crippen LogP contribution in [0.4, 0.5) is 0 Å². The molecule has 0 saturated carbocycles. The van der Waals surface area contributed by atoms with Crippen LogP contribution in [0.5, 0.6) is 17.2 Å². The maximum atomic E-state index is 11.7. The Labute approximate surface area is 267 Å². The number of piperidine rings is 1. The highest BCUT2D eigenvalue weighted by Crippen LogP contribution is 2.51. The third-order valence-electron chi connectivity index (χ3n) is 10.1. The summed E-state index contributed by atoms with van der Waals surface area (Å²) in [6.07, 6.45) is 3.73. The summed E-state index contributed by atoms with van der Waals surface area (Å²) in [6, 6.07) is 17.6. The fourth-order valence-electron chi connectivity index (χ4n) is 7.57. The zero-order valence-electron chi connectivity index (χ0n) is 26.0. The molecule has 46 heavy (non-hydrogen) atoms. The minimum absolute atomic E-state index is 0.124. The number of hydrogen-bond donors (Lipinski definition) is 1. The molecule has 0 amide bonds. The van der Waals surface area contributed by atoms with Crippen molar-refractivity contribution < 1.29 is 28.8 Å². The predicted molar refractivity (Wildman–Crippen MR) is 168 cm³/mol. The number of carbonyl (C=O) groups is 1.